The minimum Gasteiger partial charge on any atom is -0.497 e. The first kappa shape index (κ1) is 18.8. The molecular formula is C17H13ClN4O4S. The van der Waals surface area contributed by atoms with E-state index in [0.717, 1.165) is 11.8 Å². The fraction of sp³-hybridized carbons (Fsp3) is 0.176. The fourth-order valence-corrected chi connectivity index (χ4v) is 3.61. The molecular weight excluding hydrogens is 392 g/mol. The topological polar surface area (TPSA) is 115 Å². The predicted molar refractivity (Wildman–Crippen MR) is 98.4 cm³/mol. The summed E-state index contributed by atoms with van der Waals surface area (Å²) in [6.45, 7) is 1.83. The lowest BCUT2D eigenvalue weighted by Gasteiger charge is -2.12. The third-order valence-corrected chi connectivity index (χ3v) is 5.21. The molecule has 0 unspecified atom stereocenters. The SMILES string of the molecule is COc1ccc(Cn2c(C)nc3cnc(S(=O)(=O)Cl)c(C#N)c3c2=O)cc1. The van der Waals surface area contributed by atoms with Crippen molar-refractivity contribution in [3.8, 4) is 11.8 Å². The van der Waals surface area contributed by atoms with Crippen molar-refractivity contribution in [2.75, 3.05) is 7.11 Å². The van der Waals surface area contributed by atoms with Crippen LogP contribution in [0.2, 0.25) is 0 Å². The maximum absolute atomic E-state index is 13.0. The molecule has 0 amide bonds. The Balaban J connectivity index is 2.25. The lowest BCUT2D eigenvalue weighted by atomic mass is 10.1. The van der Waals surface area contributed by atoms with Gasteiger partial charge in [0.1, 0.15) is 23.2 Å². The number of aryl methyl sites for hydroxylation is 1. The van der Waals surface area contributed by atoms with Gasteiger partial charge in [-0.3, -0.25) is 9.36 Å². The summed E-state index contributed by atoms with van der Waals surface area (Å²) in [5.41, 5.74) is -0.0266. The quantitative estimate of drug-likeness (QED) is 0.610. The van der Waals surface area contributed by atoms with E-state index < -0.39 is 25.2 Å². The number of halogens is 1. The zero-order chi connectivity index (χ0) is 19.8. The average Bonchev–Trinajstić information content (AvgIpc) is 2.63. The summed E-state index contributed by atoms with van der Waals surface area (Å²) in [6.07, 6.45) is 1.12. The van der Waals surface area contributed by atoms with Gasteiger partial charge in [0.05, 0.1) is 30.8 Å². The van der Waals surface area contributed by atoms with Crippen molar-refractivity contribution in [1.29, 1.82) is 5.26 Å². The van der Waals surface area contributed by atoms with E-state index in [1.165, 1.54) is 4.57 Å². The van der Waals surface area contributed by atoms with Crippen molar-refractivity contribution < 1.29 is 13.2 Å². The number of hydrogen-bond donors (Lipinski definition) is 0. The fourth-order valence-electron chi connectivity index (χ4n) is 2.69. The van der Waals surface area contributed by atoms with Crippen LogP contribution in [0.3, 0.4) is 0 Å². The first-order valence-corrected chi connectivity index (χ1v) is 9.95. The molecule has 0 aliphatic heterocycles. The number of fused-ring (bicyclic) bond motifs is 1. The van der Waals surface area contributed by atoms with Crippen LogP contribution in [0.1, 0.15) is 17.0 Å². The van der Waals surface area contributed by atoms with E-state index in [4.69, 9.17) is 15.4 Å². The number of rotatable bonds is 4. The van der Waals surface area contributed by atoms with Gasteiger partial charge in [0.2, 0.25) is 0 Å². The van der Waals surface area contributed by atoms with Gasteiger partial charge in [-0.2, -0.15) is 5.26 Å². The minimum absolute atomic E-state index is 0.129. The molecule has 10 heteroatoms. The Morgan fingerprint density at radius 1 is 1.30 bits per heavy atom. The average molecular weight is 405 g/mol. The highest BCUT2D eigenvalue weighted by molar-refractivity contribution is 8.13. The standard InChI is InChI=1S/C17H13ClN4O4S/c1-10-21-14-8-20-16(27(18,24)25)13(7-19)15(14)17(23)22(10)9-11-3-5-12(26-2)6-4-11/h3-6,8H,9H2,1-2H3. The number of pyridine rings is 1. The number of nitriles is 1. The molecule has 0 aliphatic rings. The highest BCUT2D eigenvalue weighted by Crippen LogP contribution is 2.22. The predicted octanol–water partition coefficient (Wildman–Crippen LogP) is 1.96. The summed E-state index contributed by atoms with van der Waals surface area (Å²) in [4.78, 5) is 21.0. The number of methoxy groups -OCH3 is 1. The van der Waals surface area contributed by atoms with Gasteiger partial charge < -0.3 is 4.74 Å². The number of aromatic nitrogens is 3. The highest BCUT2D eigenvalue weighted by Gasteiger charge is 2.23. The van der Waals surface area contributed by atoms with Crippen LogP contribution in [0.25, 0.3) is 10.9 Å². The molecule has 0 atom stereocenters. The number of hydrogen-bond acceptors (Lipinski definition) is 7. The minimum atomic E-state index is -4.29. The zero-order valence-corrected chi connectivity index (χ0v) is 15.9. The third kappa shape index (κ3) is 3.49. The summed E-state index contributed by atoms with van der Waals surface area (Å²) < 4.78 is 29.8. The second-order valence-electron chi connectivity index (χ2n) is 5.65. The maximum Gasteiger partial charge on any atom is 0.280 e. The zero-order valence-electron chi connectivity index (χ0n) is 14.3. The second kappa shape index (κ2) is 6.98. The molecule has 0 radical (unpaired) electrons. The molecule has 138 valence electrons. The van der Waals surface area contributed by atoms with E-state index in [1.54, 1.807) is 44.4 Å². The smallest absolute Gasteiger partial charge is 0.280 e. The molecule has 27 heavy (non-hydrogen) atoms. The largest absolute Gasteiger partial charge is 0.497 e. The van der Waals surface area contributed by atoms with Crippen molar-refractivity contribution in [2.45, 2.75) is 18.5 Å². The van der Waals surface area contributed by atoms with Gasteiger partial charge in [0, 0.05) is 10.7 Å². The summed E-state index contributed by atoms with van der Waals surface area (Å²) in [5.74, 6) is 1.07. The van der Waals surface area contributed by atoms with Gasteiger partial charge in [-0.1, -0.05) is 12.1 Å². The number of nitrogens with zero attached hydrogens (tertiary/aromatic N) is 4. The summed E-state index contributed by atoms with van der Waals surface area (Å²) in [6, 6.07) is 8.82. The van der Waals surface area contributed by atoms with E-state index in [9.17, 15) is 18.5 Å². The van der Waals surface area contributed by atoms with E-state index in [2.05, 4.69) is 9.97 Å². The molecule has 0 aliphatic carbocycles. The maximum atomic E-state index is 13.0. The molecule has 0 bridgehead atoms. The van der Waals surface area contributed by atoms with Crippen molar-refractivity contribution in [3.05, 3.63) is 57.8 Å². The number of ether oxygens (including phenoxy) is 1. The van der Waals surface area contributed by atoms with Crippen molar-refractivity contribution >= 4 is 30.6 Å². The van der Waals surface area contributed by atoms with Crippen LogP contribution in [0, 0.1) is 18.3 Å². The lowest BCUT2D eigenvalue weighted by Crippen LogP contribution is -2.25. The van der Waals surface area contributed by atoms with Crippen molar-refractivity contribution in [1.82, 2.24) is 14.5 Å². The van der Waals surface area contributed by atoms with E-state index >= 15 is 0 Å². The first-order valence-electron chi connectivity index (χ1n) is 7.64. The van der Waals surface area contributed by atoms with Crippen LogP contribution in [0.4, 0.5) is 0 Å². The summed E-state index contributed by atoms with van der Waals surface area (Å²) in [7, 11) is 2.60. The monoisotopic (exact) mass is 404 g/mol. The van der Waals surface area contributed by atoms with Crippen LogP contribution >= 0.6 is 10.7 Å². The Morgan fingerprint density at radius 2 is 1.96 bits per heavy atom. The molecule has 2 heterocycles. The first-order chi connectivity index (χ1) is 12.8. The molecule has 3 rings (SSSR count). The van der Waals surface area contributed by atoms with Crippen molar-refractivity contribution in [3.63, 3.8) is 0 Å². The molecule has 3 aromatic rings. The molecule has 2 aromatic heterocycles. The summed E-state index contributed by atoms with van der Waals surface area (Å²) >= 11 is 0. The Bertz CT molecular complexity index is 1250. The van der Waals surface area contributed by atoms with Crippen LogP contribution in [0.15, 0.2) is 40.3 Å². The molecule has 0 fully saturated rings. The molecule has 0 N–H and O–H groups in total. The van der Waals surface area contributed by atoms with Crippen LogP contribution in [-0.2, 0) is 15.6 Å². The molecule has 0 saturated heterocycles. The Kier molecular flexibility index (Phi) is 4.87. The van der Waals surface area contributed by atoms with Crippen LogP contribution in [-0.4, -0.2) is 30.1 Å². The summed E-state index contributed by atoms with van der Waals surface area (Å²) in [5, 5.41) is 8.62. The normalized spacial score (nSPS) is 11.3. The van der Waals surface area contributed by atoms with Gasteiger partial charge >= 0.3 is 0 Å². The van der Waals surface area contributed by atoms with E-state index in [1.807, 2.05) is 0 Å². The lowest BCUT2D eigenvalue weighted by molar-refractivity contribution is 0.414. The van der Waals surface area contributed by atoms with Crippen molar-refractivity contribution in [2.24, 2.45) is 0 Å². The molecule has 0 spiro atoms. The van der Waals surface area contributed by atoms with Gasteiger partial charge in [-0.05, 0) is 24.6 Å². The molecule has 1 aromatic carbocycles. The Labute approximate surface area is 159 Å². The van der Waals surface area contributed by atoms with Gasteiger partial charge in [-0.15, -0.1) is 0 Å². The van der Waals surface area contributed by atoms with Gasteiger partial charge in [0.15, 0.2) is 5.03 Å². The van der Waals surface area contributed by atoms with E-state index in [0.29, 0.717) is 11.6 Å². The molecule has 8 nitrogen and oxygen atoms in total. The Hall–Kier alpha value is -2.96. The van der Waals surface area contributed by atoms with Gasteiger partial charge in [0.25, 0.3) is 14.6 Å². The second-order valence-corrected chi connectivity index (χ2v) is 8.13. The van der Waals surface area contributed by atoms with Crippen LogP contribution < -0.4 is 10.3 Å². The third-order valence-electron chi connectivity index (χ3n) is 4.00. The Morgan fingerprint density at radius 3 is 2.52 bits per heavy atom. The highest BCUT2D eigenvalue weighted by atomic mass is 35.7. The van der Waals surface area contributed by atoms with E-state index in [-0.39, 0.29) is 17.4 Å². The van der Waals surface area contributed by atoms with Crippen LogP contribution in [0.5, 0.6) is 5.75 Å². The molecule has 0 saturated carbocycles. The number of benzene rings is 1. The van der Waals surface area contributed by atoms with Gasteiger partial charge in [-0.25, -0.2) is 18.4 Å².